The van der Waals surface area contributed by atoms with Crippen LogP contribution in [-0.4, -0.2) is 50.9 Å². The minimum Gasteiger partial charge on any atom is -0.338 e. The smallest absolute Gasteiger partial charge is 0.240 e. The van der Waals surface area contributed by atoms with Gasteiger partial charge in [0.05, 0.1) is 10.8 Å². The Morgan fingerprint density at radius 2 is 1.59 bits per heavy atom. The molecule has 1 saturated heterocycles. The van der Waals surface area contributed by atoms with Gasteiger partial charge in [0.25, 0.3) is 0 Å². The first-order valence-electron chi connectivity index (χ1n) is 12.8. The summed E-state index contributed by atoms with van der Waals surface area (Å²) in [6, 6.07) is 26.7. The molecule has 5 rings (SSSR count). The second-order valence-electron chi connectivity index (χ2n) is 9.96. The van der Waals surface area contributed by atoms with Crippen molar-refractivity contribution in [3.8, 4) is 0 Å². The first-order valence-corrected chi connectivity index (χ1v) is 14.7. The first-order chi connectivity index (χ1) is 17.9. The summed E-state index contributed by atoms with van der Waals surface area (Å²) in [4.78, 5) is 16.1. The van der Waals surface area contributed by atoms with Crippen molar-refractivity contribution in [3.63, 3.8) is 0 Å². The number of nitrogens with one attached hydrogen (secondary N) is 2. The third-order valence-electron chi connectivity index (χ3n) is 7.18. The van der Waals surface area contributed by atoms with Gasteiger partial charge in [-0.05, 0) is 48.6 Å². The molecule has 1 heterocycles. The van der Waals surface area contributed by atoms with E-state index < -0.39 is 10.0 Å². The lowest BCUT2D eigenvalue weighted by atomic mass is 9.89. The zero-order valence-corrected chi connectivity index (χ0v) is 22.2. The van der Waals surface area contributed by atoms with Crippen LogP contribution in [0.25, 0.3) is 0 Å². The molecule has 0 spiro atoms. The van der Waals surface area contributed by atoms with Gasteiger partial charge >= 0.3 is 0 Å². The van der Waals surface area contributed by atoms with Gasteiger partial charge in [0.1, 0.15) is 0 Å². The molecule has 8 heteroatoms. The second kappa shape index (κ2) is 11.4. The van der Waals surface area contributed by atoms with Crippen LogP contribution in [0.1, 0.15) is 36.3 Å². The van der Waals surface area contributed by atoms with E-state index in [1.54, 1.807) is 12.1 Å². The highest BCUT2D eigenvalue weighted by Crippen LogP contribution is 2.34. The average Bonchev–Trinajstić information content (AvgIpc) is 3.75. The molecule has 0 aromatic heterocycles. The summed E-state index contributed by atoms with van der Waals surface area (Å²) in [7, 11) is -3.75. The van der Waals surface area contributed by atoms with Crippen LogP contribution >= 0.6 is 11.6 Å². The summed E-state index contributed by atoms with van der Waals surface area (Å²) < 4.78 is 28.7. The third kappa shape index (κ3) is 6.41. The van der Waals surface area contributed by atoms with Gasteiger partial charge in [-0.25, -0.2) is 13.1 Å². The van der Waals surface area contributed by atoms with E-state index in [0.29, 0.717) is 31.1 Å². The summed E-state index contributed by atoms with van der Waals surface area (Å²) in [5.41, 5.74) is 2.36. The lowest BCUT2D eigenvalue weighted by molar-refractivity contribution is -0.137. The molecule has 2 aliphatic rings. The second-order valence-corrected chi connectivity index (χ2v) is 12.1. The fourth-order valence-electron chi connectivity index (χ4n) is 5.15. The van der Waals surface area contributed by atoms with Crippen LogP contribution in [0.15, 0.2) is 89.8 Å². The minimum atomic E-state index is -3.75. The number of nitrogens with zero attached hydrogens (tertiary/aromatic N) is 1. The van der Waals surface area contributed by atoms with E-state index in [9.17, 15) is 13.2 Å². The summed E-state index contributed by atoms with van der Waals surface area (Å²) in [6.45, 7) is 1.62. The largest absolute Gasteiger partial charge is 0.338 e. The number of amides is 1. The molecule has 2 N–H and O–H groups in total. The number of carbonyl (C=O) groups is 1. The molecule has 194 valence electrons. The van der Waals surface area contributed by atoms with E-state index in [-0.39, 0.29) is 34.7 Å². The molecule has 3 aromatic rings. The van der Waals surface area contributed by atoms with E-state index in [2.05, 4.69) is 34.3 Å². The number of hydrogen-bond acceptors (Lipinski definition) is 4. The molecule has 2 fully saturated rings. The van der Waals surface area contributed by atoms with Crippen LogP contribution in [0.5, 0.6) is 0 Å². The van der Waals surface area contributed by atoms with Crippen LogP contribution in [0.3, 0.4) is 0 Å². The van der Waals surface area contributed by atoms with Gasteiger partial charge in [0.15, 0.2) is 0 Å². The summed E-state index contributed by atoms with van der Waals surface area (Å²) in [5, 5.41) is 3.65. The van der Waals surface area contributed by atoms with Gasteiger partial charge in [-0.3, -0.25) is 4.79 Å². The highest BCUT2D eigenvalue weighted by molar-refractivity contribution is 7.89. The lowest BCUT2D eigenvalue weighted by Crippen LogP contribution is -2.53. The van der Waals surface area contributed by atoms with E-state index >= 15 is 0 Å². The van der Waals surface area contributed by atoms with Gasteiger partial charge in [-0.1, -0.05) is 78.3 Å². The van der Waals surface area contributed by atoms with Crippen molar-refractivity contribution in [3.05, 3.63) is 101 Å². The Labute approximate surface area is 224 Å². The summed E-state index contributed by atoms with van der Waals surface area (Å²) in [5.74, 6) is -0.132. The Morgan fingerprint density at radius 1 is 0.946 bits per heavy atom. The van der Waals surface area contributed by atoms with Crippen molar-refractivity contribution in [1.82, 2.24) is 14.9 Å². The molecule has 1 amide bonds. The Balaban J connectivity index is 1.32. The zero-order chi connectivity index (χ0) is 25.8. The van der Waals surface area contributed by atoms with Crippen molar-refractivity contribution in [1.29, 1.82) is 0 Å². The molecular weight excluding hydrogens is 506 g/mol. The molecule has 0 radical (unpaired) electrons. The number of carbonyl (C=O) groups excluding carboxylic acids is 1. The topological polar surface area (TPSA) is 78.5 Å². The van der Waals surface area contributed by atoms with Crippen molar-refractivity contribution in [2.45, 2.75) is 42.2 Å². The SMILES string of the molecule is O=C(C1CNCC(NS(=O)(=O)c2cccc(Cl)c2)C1)N(CC(c1ccccc1)c1ccccc1)C1CC1. The van der Waals surface area contributed by atoms with Crippen LogP contribution in [0.4, 0.5) is 0 Å². The molecular formula is C29H32ClN3O3S. The maximum atomic E-state index is 13.9. The number of rotatable bonds is 9. The number of hydrogen-bond donors (Lipinski definition) is 2. The van der Waals surface area contributed by atoms with E-state index in [0.717, 1.165) is 12.8 Å². The van der Waals surface area contributed by atoms with Crippen molar-refractivity contribution in [2.75, 3.05) is 19.6 Å². The molecule has 1 aliphatic carbocycles. The third-order valence-corrected chi connectivity index (χ3v) is 8.94. The predicted molar refractivity (Wildman–Crippen MR) is 146 cm³/mol. The molecule has 2 atom stereocenters. The van der Waals surface area contributed by atoms with Crippen molar-refractivity contribution >= 4 is 27.5 Å². The number of piperidine rings is 1. The van der Waals surface area contributed by atoms with Gasteiger partial charge in [0, 0.05) is 42.7 Å². The Morgan fingerprint density at radius 3 is 2.19 bits per heavy atom. The van der Waals surface area contributed by atoms with Crippen LogP contribution in [0, 0.1) is 5.92 Å². The number of sulfonamides is 1. The van der Waals surface area contributed by atoms with E-state index in [1.165, 1.54) is 23.3 Å². The number of halogens is 1. The van der Waals surface area contributed by atoms with Gasteiger partial charge in [-0.15, -0.1) is 0 Å². The van der Waals surface area contributed by atoms with Crippen molar-refractivity contribution < 1.29 is 13.2 Å². The van der Waals surface area contributed by atoms with Crippen LogP contribution in [-0.2, 0) is 14.8 Å². The molecule has 6 nitrogen and oxygen atoms in total. The molecule has 2 unspecified atom stereocenters. The lowest BCUT2D eigenvalue weighted by Gasteiger charge is -2.35. The molecule has 1 saturated carbocycles. The monoisotopic (exact) mass is 537 g/mol. The fraction of sp³-hybridized carbons (Fsp3) is 0.345. The molecule has 0 bridgehead atoms. The minimum absolute atomic E-state index is 0.0700. The van der Waals surface area contributed by atoms with E-state index in [1.807, 2.05) is 41.3 Å². The Kier molecular flexibility index (Phi) is 7.95. The predicted octanol–water partition coefficient (Wildman–Crippen LogP) is 4.42. The average molecular weight is 538 g/mol. The highest BCUT2D eigenvalue weighted by Gasteiger charge is 2.39. The maximum absolute atomic E-state index is 13.9. The van der Waals surface area contributed by atoms with Crippen molar-refractivity contribution in [2.24, 2.45) is 5.92 Å². The molecule has 3 aromatic carbocycles. The molecule has 1 aliphatic heterocycles. The summed E-state index contributed by atoms with van der Waals surface area (Å²) >= 11 is 6.00. The van der Waals surface area contributed by atoms with Crippen LogP contribution in [0.2, 0.25) is 5.02 Å². The Hall–Kier alpha value is -2.71. The van der Waals surface area contributed by atoms with Crippen LogP contribution < -0.4 is 10.0 Å². The quantitative estimate of drug-likeness (QED) is 0.423. The normalized spacial score (nSPS) is 20.1. The number of benzene rings is 3. The highest BCUT2D eigenvalue weighted by atomic mass is 35.5. The van der Waals surface area contributed by atoms with Gasteiger partial charge in [0.2, 0.25) is 15.9 Å². The first kappa shape index (κ1) is 25.9. The van der Waals surface area contributed by atoms with E-state index in [4.69, 9.17) is 11.6 Å². The molecule has 37 heavy (non-hydrogen) atoms. The standard InChI is InChI=1S/C29H32ClN3O3S/c30-24-12-7-13-27(17-24)37(35,36)32-25-16-23(18-31-19-25)29(34)33(26-14-15-26)20-28(21-8-3-1-4-9-21)22-10-5-2-6-11-22/h1-13,17,23,25-26,28,31-32H,14-16,18-20H2. The van der Waals surface area contributed by atoms with Gasteiger partial charge in [-0.2, -0.15) is 0 Å². The van der Waals surface area contributed by atoms with Gasteiger partial charge < -0.3 is 10.2 Å². The zero-order valence-electron chi connectivity index (χ0n) is 20.6. The fourth-order valence-corrected chi connectivity index (χ4v) is 6.70. The summed E-state index contributed by atoms with van der Waals surface area (Å²) in [6.07, 6.45) is 2.47. The maximum Gasteiger partial charge on any atom is 0.240 e. The Bertz CT molecular complexity index is 1280.